The number of carbonyl (C=O) groups is 2. The molecule has 0 radical (unpaired) electrons. The van der Waals surface area contributed by atoms with E-state index in [9.17, 15) is 14.7 Å². The van der Waals surface area contributed by atoms with Crippen molar-refractivity contribution in [3.8, 4) is 5.75 Å². The SMILES string of the molecule is O=C(C[C@H]1C[C@@H]2c3cc(NC(=O)CC4CC4)ccc3O[C@@H]2[C@H](CO)O1)NCCc1ccccc1. The number of benzene rings is 2. The number of hydrogen-bond acceptors (Lipinski definition) is 5. The number of anilines is 1. The molecule has 5 rings (SSSR count). The first-order valence-electron chi connectivity index (χ1n) is 12.3. The molecule has 2 amide bonds. The topological polar surface area (TPSA) is 96.9 Å². The van der Waals surface area contributed by atoms with Gasteiger partial charge in [0.05, 0.1) is 19.1 Å². The summed E-state index contributed by atoms with van der Waals surface area (Å²) in [5.41, 5.74) is 2.95. The van der Waals surface area contributed by atoms with Gasteiger partial charge in [0.25, 0.3) is 0 Å². The van der Waals surface area contributed by atoms with Crippen molar-refractivity contribution in [2.75, 3.05) is 18.5 Å². The number of fused-ring (bicyclic) bond motifs is 3. The quantitative estimate of drug-likeness (QED) is 0.530. The maximum absolute atomic E-state index is 12.6. The Labute approximate surface area is 199 Å². The van der Waals surface area contributed by atoms with E-state index in [1.807, 2.05) is 48.5 Å². The van der Waals surface area contributed by atoms with Crippen LogP contribution in [0.15, 0.2) is 48.5 Å². The predicted molar refractivity (Wildman–Crippen MR) is 128 cm³/mol. The lowest BCUT2D eigenvalue weighted by Crippen LogP contribution is -2.47. The normalized spacial score (nSPS) is 25.1. The molecule has 1 aliphatic carbocycles. The van der Waals surface area contributed by atoms with Crippen LogP contribution in [0.3, 0.4) is 0 Å². The highest BCUT2D eigenvalue weighted by atomic mass is 16.6. The van der Waals surface area contributed by atoms with E-state index in [-0.39, 0.29) is 43.0 Å². The lowest BCUT2D eigenvalue weighted by Gasteiger charge is -2.37. The van der Waals surface area contributed by atoms with Gasteiger partial charge in [0.15, 0.2) is 0 Å². The number of aliphatic hydroxyl groups is 1. The second-order valence-electron chi connectivity index (χ2n) is 9.64. The fourth-order valence-corrected chi connectivity index (χ4v) is 5.03. The summed E-state index contributed by atoms with van der Waals surface area (Å²) in [5, 5.41) is 15.9. The molecular formula is C27H32N2O5. The molecule has 7 nitrogen and oxygen atoms in total. The Morgan fingerprint density at radius 1 is 1.03 bits per heavy atom. The minimum atomic E-state index is -0.499. The zero-order chi connectivity index (χ0) is 23.5. The number of ether oxygens (including phenoxy) is 2. The van der Waals surface area contributed by atoms with Crippen LogP contribution in [0.4, 0.5) is 5.69 Å². The third-order valence-electron chi connectivity index (χ3n) is 6.95. The minimum Gasteiger partial charge on any atom is -0.487 e. The summed E-state index contributed by atoms with van der Waals surface area (Å²) >= 11 is 0. The maximum atomic E-state index is 12.6. The smallest absolute Gasteiger partial charge is 0.224 e. The Balaban J connectivity index is 1.20. The summed E-state index contributed by atoms with van der Waals surface area (Å²) in [7, 11) is 0. The zero-order valence-corrected chi connectivity index (χ0v) is 19.2. The molecule has 2 aromatic rings. The molecule has 2 aromatic carbocycles. The predicted octanol–water partition coefficient (Wildman–Crippen LogP) is 3.17. The van der Waals surface area contributed by atoms with Gasteiger partial charge in [-0.05, 0) is 55.4 Å². The van der Waals surface area contributed by atoms with E-state index in [1.54, 1.807) is 0 Å². The van der Waals surface area contributed by atoms with Gasteiger partial charge >= 0.3 is 0 Å². The summed E-state index contributed by atoms with van der Waals surface area (Å²) in [5.74, 6) is 1.27. The second kappa shape index (κ2) is 10.2. The Hall–Kier alpha value is -2.90. The molecule has 1 saturated carbocycles. The summed E-state index contributed by atoms with van der Waals surface area (Å²) < 4.78 is 12.2. The lowest BCUT2D eigenvalue weighted by atomic mass is 9.84. The van der Waals surface area contributed by atoms with Gasteiger partial charge in [0.1, 0.15) is 18.0 Å². The molecule has 3 N–H and O–H groups in total. The van der Waals surface area contributed by atoms with Crippen molar-refractivity contribution in [1.82, 2.24) is 5.32 Å². The molecular weight excluding hydrogens is 432 g/mol. The molecule has 4 atom stereocenters. The molecule has 34 heavy (non-hydrogen) atoms. The van der Waals surface area contributed by atoms with Crippen molar-refractivity contribution in [3.05, 3.63) is 59.7 Å². The van der Waals surface area contributed by atoms with Gasteiger partial charge in [0, 0.05) is 30.1 Å². The fourth-order valence-electron chi connectivity index (χ4n) is 5.03. The molecule has 2 aliphatic heterocycles. The summed E-state index contributed by atoms with van der Waals surface area (Å²) in [6.45, 7) is 0.396. The van der Waals surface area contributed by atoms with Gasteiger partial charge < -0.3 is 25.2 Å². The number of aliphatic hydroxyl groups excluding tert-OH is 1. The summed E-state index contributed by atoms with van der Waals surface area (Å²) in [6, 6.07) is 15.7. The standard InChI is InChI=1S/C27H32N2O5/c30-16-24-27-22(14-20(33-24)15-25(31)28-11-10-17-4-2-1-3-5-17)21-13-19(8-9-23(21)34-27)29-26(32)12-18-6-7-18/h1-5,8-9,13,18,20,22,24,27,30H,6-7,10-12,14-16H2,(H,28,31)(H,29,32)/t20-,22-,24+,27+/m1/s1. The maximum Gasteiger partial charge on any atom is 0.224 e. The van der Waals surface area contributed by atoms with Crippen molar-refractivity contribution in [1.29, 1.82) is 0 Å². The third kappa shape index (κ3) is 5.42. The van der Waals surface area contributed by atoms with Crippen molar-refractivity contribution < 1.29 is 24.2 Å². The van der Waals surface area contributed by atoms with Gasteiger partial charge in [-0.25, -0.2) is 0 Å². The van der Waals surface area contributed by atoms with E-state index in [2.05, 4.69) is 10.6 Å². The number of amides is 2. The van der Waals surface area contributed by atoms with Crippen molar-refractivity contribution >= 4 is 17.5 Å². The highest BCUT2D eigenvalue weighted by molar-refractivity contribution is 5.91. The highest BCUT2D eigenvalue weighted by Gasteiger charge is 2.46. The van der Waals surface area contributed by atoms with Gasteiger partial charge in [-0.1, -0.05) is 30.3 Å². The van der Waals surface area contributed by atoms with E-state index in [0.717, 1.165) is 36.3 Å². The van der Waals surface area contributed by atoms with E-state index in [1.165, 1.54) is 5.56 Å². The average Bonchev–Trinajstić information content (AvgIpc) is 3.57. The van der Waals surface area contributed by atoms with Crippen LogP contribution in [0.25, 0.3) is 0 Å². The molecule has 7 heteroatoms. The molecule has 0 aromatic heterocycles. The lowest BCUT2D eigenvalue weighted by molar-refractivity contribution is -0.142. The summed E-state index contributed by atoms with van der Waals surface area (Å²) in [6.07, 6.45) is 3.38. The Morgan fingerprint density at radius 3 is 2.62 bits per heavy atom. The van der Waals surface area contributed by atoms with Crippen LogP contribution in [0.2, 0.25) is 0 Å². The summed E-state index contributed by atoms with van der Waals surface area (Å²) in [4.78, 5) is 24.8. The van der Waals surface area contributed by atoms with E-state index in [4.69, 9.17) is 9.47 Å². The third-order valence-corrected chi connectivity index (χ3v) is 6.95. The van der Waals surface area contributed by atoms with Crippen LogP contribution in [-0.4, -0.2) is 48.4 Å². The highest BCUT2D eigenvalue weighted by Crippen LogP contribution is 2.47. The molecule has 180 valence electrons. The van der Waals surface area contributed by atoms with Gasteiger partial charge in [-0.15, -0.1) is 0 Å². The van der Waals surface area contributed by atoms with Crippen LogP contribution in [0, 0.1) is 5.92 Å². The molecule has 0 spiro atoms. The fraction of sp³-hybridized carbons (Fsp3) is 0.481. The minimum absolute atomic E-state index is 0.00306. The van der Waals surface area contributed by atoms with Crippen molar-refractivity contribution in [3.63, 3.8) is 0 Å². The monoisotopic (exact) mass is 464 g/mol. The first-order valence-corrected chi connectivity index (χ1v) is 12.3. The van der Waals surface area contributed by atoms with Crippen LogP contribution >= 0.6 is 0 Å². The van der Waals surface area contributed by atoms with Crippen LogP contribution in [0.1, 0.15) is 49.1 Å². The van der Waals surface area contributed by atoms with Crippen molar-refractivity contribution in [2.24, 2.45) is 5.92 Å². The van der Waals surface area contributed by atoms with Gasteiger partial charge in [-0.3, -0.25) is 9.59 Å². The van der Waals surface area contributed by atoms with Crippen LogP contribution in [-0.2, 0) is 20.7 Å². The van der Waals surface area contributed by atoms with Crippen molar-refractivity contribution in [2.45, 2.75) is 62.8 Å². The van der Waals surface area contributed by atoms with E-state index < -0.39 is 6.10 Å². The molecule has 2 fully saturated rings. The van der Waals surface area contributed by atoms with Crippen LogP contribution < -0.4 is 15.4 Å². The largest absolute Gasteiger partial charge is 0.487 e. The van der Waals surface area contributed by atoms with E-state index in [0.29, 0.717) is 25.3 Å². The number of rotatable bonds is 9. The van der Waals surface area contributed by atoms with E-state index >= 15 is 0 Å². The molecule has 1 saturated heterocycles. The molecule has 0 unspecified atom stereocenters. The number of nitrogens with one attached hydrogen (secondary N) is 2. The molecule has 3 aliphatic rings. The first kappa shape index (κ1) is 22.9. The Morgan fingerprint density at radius 2 is 1.85 bits per heavy atom. The number of hydrogen-bond donors (Lipinski definition) is 3. The molecule has 2 heterocycles. The number of carbonyl (C=O) groups excluding carboxylic acids is 2. The van der Waals surface area contributed by atoms with Crippen LogP contribution in [0.5, 0.6) is 5.75 Å². The molecule has 0 bridgehead atoms. The Kier molecular flexibility index (Phi) is 6.83. The average molecular weight is 465 g/mol. The zero-order valence-electron chi connectivity index (χ0n) is 19.2. The second-order valence-corrected chi connectivity index (χ2v) is 9.64. The first-order chi connectivity index (χ1) is 16.6. The Bertz CT molecular complexity index is 1020. The van der Waals surface area contributed by atoms with Gasteiger partial charge in [-0.2, -0.15) is 0 Å². The van der Waals surface area contributed by atoms with Gasteiger partial charge in [0.2, 0.25) is 11.8 Å².